The molecule has 7 nitrogen and oxygen atoms in total. The first kappa shape index (κ1) is 19.7. The number of likely N-dealkylation sites (tertiary alicyclic amines) is 1. The summed E-state index contributed by atoms with van der Waals surface area (Å²) in [4.78, 5) is 28.6. The molecule has 1 aromatic rings. The summed E-state index contributed by atoms with van der Waals surface area (Å²) < 4.78 is 5.44. The predicted octanol–water partition coefficient (Wildman–Crippen LogP) is 3.01. The third-order valence-corrected chi connectivity index (χ3v) is 5.40. The van der Waals surface area contributed by atoms with Crippen molar-refractivity contribution in [2.75, 3.05) is 26.7 Å². The fourth-order valence-electron chi connectivity index (χ4n) is 3.93. The van der Waals surface area contributed by atoms with Crippen molar-refractivity contribution in [3.05, 3.63) is 17.0 Å². The molecule has 0 atom stereocenters. The van der Waals surface area contributed by atoms with E-state index in [0.717, 1.165) is 49.8 Å². The number of hydrogen-bond acceptors (Lipinski definition) is 4. The van der Waals surface area contributed by atoms with Gasteiger partial charge in [0.05, 0.1) is 0 Å². The molecule has 3 rings (SSSR count). The highest BCUT2D eigenvalue weighted by molar-refractivity contribution is 5.93. The molecule has 0 unspecified atom stereocenters. The zero-order valence-corrected chi connectivity index (χ0v) is 17.0. The summed E-state index contributed by atoms with van der Waals surface area (Å²) in [7, 11) is 1.85. The molecule has 1 fully saturated rings. The summed E-state index contributed by atoms with van der Waals surface area (Å²) in [6.45, 7) is 7.70. The van der Waals surface area contributed by atoms with Crippen molar-refractivity contribution >= 4 is 12.0 Å². The van der Waals surface area contributed by atoms with Crippen LogP contribution >= 0.6 is 0 Å². The van der Waals surface area contributed by atoms with Crippen LogP contribution in [0.4, 0.5) is 4.79 Å². The number of carbonyl (C=O) groups excluding carboxylic acids is 2. The van der Waals surface area contributed by atoms with E-state index >= 15 is 0 Å². The van der Waals surface area contributed by atoms with E-state index in [1.165, 1.54) is 0 Å². The molecule has 1 aliphatic carbocycles. The molecule has 2 aliphatic rings. The second-order valence-corrected chi connectivity index (χ2v) is 8.83. The maximum Gasteiger partial charge on any atom is 0.410 e. The number of aromatic amines is 1. The average molecular weight is 377 g/mol. The van der Waals surface area contributed by atoms with Gasteiger partial charge in [0.1, 0.15) is 5.60 Å². The standard InChI is InChI=1S/C20H32N4O3/c1-20(2,3)27-19(26)24-11-9-14(10-12-24)13-23(4)18(25)17-15-7-5-6-8-16(15)21-22-17/h14H,5-13H2,1-4H3,(H,21,22). The Bertz CT molecular complexity index is 684. The summed E-state index contributed by atoms with van der Waals surface area (Å²) in [5.41, 5.74) is 2.36. The van der Waals surface area contributed by atoms with Crippen molar-refractivity contribution in [1.29, 1.82) is 0 Å². The molecule has 2 heterocycles. The molecule has 1 saturated heterocycles. The first-order valence-electron chi connectivity index (χ1n) is 10.0. The molecule has 2 amide bonds. The van der Waals surface area contributed by atoms with Crippen LogP contribution in [0.1, 0.15) is 68.2 Å². The van der Waals surface area contributed by atoms with Gasteiger partial charge in [-0.25, -0.2) is 4.79 Å². The number of nitrogens with one attached hydrogen (secondary N) is 1. The van der Waals surface area contributed by atoms with E-state index in [2.05, 4.69) is 10.2 Å². The summed E-state index contributed by atoms with van der Waals surface area (Å²) in [6.07, 6.45) is 5.74. The van der Waals surface area contributed by atoms with E-state index in [0.29, 0.717) is 31.2 Å². The highest BCUT2D eigenvalue weighted by atomic mass is 16.6. The maximum absolute atomic E-state index is 12.8. The SMILES string of the molecule is CN(CC1CCN(C(=O)OC(C)(C)C)CC1)C(=O)c1n[nH]c2c1CCCC2. The number of aryl methyl sites for hydroxylation is 1. The molecule has 0 spiro atoms. The lowest BCUT2D eigenvalue weighted by atomic mass is 9.94. The normalized spacial score (nSPS) is 18.1. The van der Waals surface area contributed by atoms with Crippen LogP contribution in [0.15, 0.2) is 0 Å². The molecule has 0 saturated carbocycles. The Hall–Kier alpha value is -2.05. The van der Waals surface area contributed by atoms with Crippen LogP contribution in [-0.2, 0) is 17.6 Å². The summed E-state index contributed by atoms with van der Waals surface area (Å²) in [5, 5.41) is 7.34. The Balaban J connectivity index is 1.51. The Morgan fingerprint density at radius 2 is 1.89 bits per heavy atom. The third kappa shape index (κ3) is 4.82. The van der Waals surface area contributed by atoms with Crippen LogP contribution in [0.5, 0.6) is 0 Å². The molecule has 0 bridgehead atoms. The molecule has 1 aliphatic heterocycles. The zero-order chi connectivity index (χ0) is 19.6. The Morgan fingerprint density at radius 3 is 2.56 bits per heavy atom. The molecule has 0 aromatic carbocycles. The first-order chi connectivity index (χ1) is 12.7. The molecule has 1 N–H and O–H groups in total. The minimum Gasteiger partial charge on any atom is -0.444 e. The minimum atomic E-state index is -0.469. The van der Waals surface area contributed by atoms with Crippen molar-refractivity contribution in [1.82, 2.24) is 20.0 Å². The van der Waals surface area contributed by atoms with Gasteiger partial charge < -0.3 is 14.5 Å². The van der Waals surface area contributed by atoms with Crippen molar-refractivity contribution in [3.8, 4) is 0 Å². The van der Waals surface area contributed by atoms with Gasteiger partial charge in [-0.3, -0.25) is 9.89 Å². The Labute approximate surface area is 161 Å². The zero-order valence-electron chi connectivity index (χ0n) is 17.0. The van der Waals surface area contributed by atoms with E-state index in [-0.39, 0.29) is 12.0 Å². The van der Waals surface area contributed by atoms with Crippen LogP contribution in [0.3, 0.4) is 0 Å². The van der Waals surface area contributed by atoms with E-state index in [1.807, 2.05) is 27.8 Å². The summed E-state index contributed by atoms with van der Waals surface area (Å²) in [6, 6.07) is 0. The highest BCUT2D eigenvalue weighted by Gasteiger charge is 2.29. The Kier molecular flexibility index (Phi) is 5.77. The monoisotopic (exact) mass is 376 g/mol. The van der Waals surface area contributed by atoms with Gasteiger partial charge in [0.15, 0.2) is 5.69 Å². The molecule has 0 radical (unpaired) electrons. The molecular formula is C20H32N4O3. The summed E-state index contributed by atoms with van der Waals surface area (Å²) >= 11 is 0. The van der Waals surface area contributed by atoms with Gasteiger partial charge in [0.2, 0.25) is 0 Å². The quantitative estimate of drug-likeness (QED) is 0.879. The first-order valence-corrected chi connectivity index (χ1v) is 10.0. The van der Waals surface area contributed by atoms with Crippen LogP contribution < -0.4 is 0 Å². The highest BCUT2D eigenvalue weighted by Crippen LogP contribution is 2.24. The van der Waals surface area contributed by atoms with Gasteiger partial charge in [-0.1, -0.05) is 0 Å². The number of nitrogens with zero attached hydrogens (tertiary/aromatic N) is 3. The predicted molar refractivity (Wildman–Crippen MR) is 103 cm³/mol. The molecule has 150 valence electrons. The van der Waals surface area contributed by atoms with Crippen LogP contribution in [-0.4, -0.2) is 64.3 Å². The molecule has 7 heteroatoms. The lowest BCUT2D eigenvalue weighted by Crippen LogP contribution is -2.44. The molecule has 27 heavy (non-hydrogen) atoms. The lowest BCUT2D eigenvalue weighted by molar-refractivity contribution is 0.0170. The molecule has 1 aromatic heterocycles. The third-order valence-electron chi connectivity index (χ3n) is 5.40. The van der Waals surface area contributed by atoms with Crippen LogP contribution in [0.2, 0.25) is 0 Å². The smallest absolute Gasteiger partial charge is 0.410 e. The van der Waals surface area contributed by atoms with Crippen molar-refractivity contribution in [2.45, 2.75) is 64.9 Å². The number of H-pyrrole nitrogens is 1. The van der Waals surface area contributed by atoms with Crippen molar-refractivity contribution in [3.63, 3.8) is 0 Å². The lowest BCUT2D eigenvalue weighted by Gasteiger charge is -2.34. The minimum absolute atomic E-state index is 0.00368. The Morgan fingerprint density at radius 1 is 1.22 bits per heavy atom. The van der Waals surface area contributed by atoms with Gasteiger partial charge in [-0.2, -0.15) is 5.10 Å². The van der Waals surface area contributed by atoms with Gasteiger partial charge in [-0.15, -0.1) is 0 Å². The van der Waals surface area contributed by atoms with E-state index in [1.54, 1.807) is 9.80 Å². The van der Waals surface area contributed by atoms with Crippen molar-refractivity contribution in [2.24, 2.45) is 5.92 Å². The number of piperidine rings is 1. The second kappa shape index (κ2) is 7.90. The van der Waals surface area contributed by atoms with Crippen LogP contribution in [0, 0.1) is 5.92 Å². The fraction of sp³-hybridized carbons (Fsp3) is 0.750. The van der Waals surface area contributed by atoms with Crippen LogP contribution in [0.25, 0.3) is 0 Å². The summed E-state index contributed by atoms with van der Waals surface area (Å²) in [5.74, 6) is 0.399. The van der Waals surface area contributed by atoms with Gasteiger partial charge >= 0.3 is 6.09 Å². The topological polar surface area (TPSA) is 78.5 Å². The van der Waals surface area contributed by atoms with Gasteiger partial charge in [-0.05, 0) is 65.2 Å². The van der Waals surface area contributed by atoms with E-state index < -0.39 is 5.60 Å². The van der Waals surface area contributed by atoms with E-state index in [9.17, 15) is 9.59 Å². The van der Waals surface area contributed by atoms with Gasteiger partial charge in [0, 0.05) is 37.9 Å². The maximum atomic E-state index is 12.8. The number of amides is 2. The van der Waals surface area contributed by atoms with Gasteiger partial charge in [0.25, 0.3) is 5.91 Å². The number of rotatable bonds is 3. The van der Waals surface area contributed by atoms with Crippen molar-refractivity contribution < 1.29 is 14.3 Å². The van der Waals surface area contributed by atoms with E-state index in [4.69, 9.17) is 4.74 Å². The number of ether oxygens (including phenoxy) is 1. The largest absolute Gasteiger partial charge is 0.444 e. The number of carbonyl (C=O) groups is 2. The number of hydrogen-bond donors (Lipinski definition) is 1. The molecular weight excluding hydrogens is 344 g/mol. The number of aromatic nitrogens is 2. The fourth-order valence-corrected chi connectivity index (χ4v) is 3.93. The second-order valence-electron chi connectivity index (χ2n) is 8.83. The average Bonchev–Trinajstić information content (AvgIpc) is 3.04. The number of fused-ring (bicyclic) bond motifs is 1.